The smallest absolute Gasteiger partial charge is 0.0621 e. The maximum atomic E-state index is 8.43. The Hall–Kier alpha value is -0.550. The SMILES string of the molecule is CCCCCCCCCCCCCCCCCCOCCCCC#N. The van der Waals surface area contributed by atoms with Crippen LogP contribution in [-0.4, -0.2) is 13.2 Å². The van der Waals surface area contributed by atoms with E-state index in [-0.39, 0.29) is 0 Å². The number of ether oxygens (including phenoxy) is 1. The molecule has 148 valence electrons. The molecular formula is C23H45NO. The number of nitriles is 1. The molecule has 2 nitrogen and oxygen atoms in total. The number of rotatable bonds is 21. The molecule has 0 aliphatic heterocycles. The largest absolute Gasteiger partial charge is 0.381 e. The second-order valence-electron chi connectivity index (χ2n) is 7.53. The fourth-order valence-corrected chi connectivity index (χ4v) is 3.26. The lowest BCUT2D eigenvalue weighted by atomic mass is 10.0. The number of hydrogen-bond donors (Lipinski definition) is 0. The van der Waals surface area contributed by atoms with Crippen LogP contribution < -0.4 is 0 Å². The Bertz CT molecular complexity index is 272. The second-order valence-corrected chi connectivity index (χ2v) is 7.53. The number of nitrogens with zero attached hydrogens (tertiary/aromatic N) is 1. The first-order valence-corrected chi connectivity index (χ1v) is 11.4. The van der Waals surface area contributed by atoms with Crippen molar-refractivity contribution in [3.63, 3.8) is 0 Å². The summed E-state index contributed by atoms with van der Waals surface area (Å²) in [7, 11) is 0. The van der Waals surface area contributed by atoms with Gasteiger partial charge in [0.25, 0.3) is 0 Å². The van der Waals surface area contributed by atoms with Crippen LogP contribution in [0.15, 0.2) is 0 Å². The fraction of sp³-hybridized carbons (Fsp3) is 0.957. The molecule has 25 heavy (non-hydrogen) atoms. The zero-order valence-electron chi connectivity index (χ0n) is 17.2. The molecule has 0 radical (unpaired) electrons. The standard InChI is InChI=1S/C23H45NO/c1-2-3-4-5-6-7-8-9-10-11-12-13-14-15-16-19-22-25-23-20-17-18-21-24/h2-20,22-23H2,1H3. The lowest BCUT2D eigenvalue weighted by molar-refractivity contribution is 0.126. The topological polar surface area (TPSA) is 33.0 Å². The Labute approximate surface area is 158 Å². The summed E-state index contributed by atoms with van der Waals surface area (Å²) in [6.07, 6.45) is 25.3. The molecule has 0 aromatic rings. The van der Waals surface area contributed by atoms with Crippen LogP contribution in [0.5, 0.6) is 0 Å². The van der Waals surface area contributed by atoms with Crippen molar-refractivity contribution in [1.29, 1.82) is 5.26 Å². The van der Waals surface area contributed by atoms with Gasteiger partial charge < -0.3 is 4.74 Å². The van der Waals surface area contributed by atoms with E-state index >= 15 is 0 Å². The molecule has 0 aromatic carbocycles. The molecule has 0 aromatic heterocycles. The molecule has 0 bridgehead atoms. The van der Waals surface area contributed by atoms with Crippen LogP contribution in [0.1, 0.15) is 129 Å². The second kappa shape index (κ2) is 23.4. The first-order chi connectivity index (χ1) is 12.4. The maximum absolute atomic E-state index is 8.43. The van der Waals surface area contributed by atoms with Crippen molar-refractivity contribution in [2.24, 2.45) is 0 Å². The Kier molecular flexibility index (Phi) is 22.9. The van der Waals surface area contributed by atoms with Crippen LogP contribution >= 0.6 is 0 Å². The third kappa shape index (κ3) is 23.4. The Morgan fingerprint density at radius 1 is 0.520 bits per heavy atom. The molecule has 2 heteroatoms. The van der Waals surface area contributed by atoms with Crippen LogP contribution in [0.4, 0.5) is 0 Å². The highest BCUT2D eigenvalue weighted by atomic mass is 16.5. The molecule has 0 atom stereocenters. The average Bonchev–Trinajstić information content (AvgIpc) is 2.63. The van der Waals surface area contributed by atoms with Crippen molar-refractivity contribution in [2.45, 2.75) is 129 Å². The quantitative estimate of drug-likeness (QED) is 0.196. The lowest BCUT2D eigenvalue weighted by Gasteiger charge is -2.04. The normalized spacial score (nSPS) is 10.9. The summed E-state index contributed by atoms with van der Waals surface area (Å²) in [6, 6.07) is 2.17. The fourth-order valence-electron chi connectivity index (χ4n) is 3.26. The van der Waals surface area contributed by atoms with Crippen LogP contribution in [0.2, 0.25) is 0 Å². The van der Waals surface area contributed by atoms with Gasteiger partial charge in [0.05, 0.1) is 6.07 Å². The highest BCUT2D eigenvalue weighted by molar-refractivity contribution is 4.67. The van der Waals surface area contributed by atoms with Crippen LogP contribution in [0, 0.1) is 11.3 Å². The Morgan fingerprint density at radius 2 is 0.880 bits per heavy atom. The van der Waals surface area contributed by atoms with Gasteiger partial charge in [0.15, 0.2) is 0 Å². The monoisotopic (exact) mass is 351 g/mol. The summed E-state index contributed by atoms with van der Waals surface area (Å²) in [5, 5.41) is 8.43. The van der Waals surface area contributed by atoms with Gasteiger partial charge in [0.1, 0.15) is 0 Å². The molecule has 0 saturated carbocycles. The molecular weight excluding hydrogens is 306 g/mol. The third-order valence-electron chi connectivity index (χ3n) is 4.97. The van der Waals surface area contributed by atoms with E-state index in [9.17, 15) is 0 Å². The molecule has 0 aliphatic rings. The molecule has 0 saturated heterocycles. The van der Waals surface area contributed by atoms with E-state index in [1.165, 1.54) is 103 Å². The zero-order chi connectivity index (χ0) is 18.3. The van der Waals surface area contributed by atoms with Crippen LogP contribution in [-0.2, 0) is 4.74 Å². The van der Waals surface area contributed by atoms with Gasteiger partial charge in [-0.15, -0.1) is 0 Å². The van der Waals surface area contributed by atoms with Crippen molar-refractivity contribution < 1.29 is 4.74 Å². The molecule has 0 amide bonds. The molecule has 0 fully saturated rings. The van der Waals surface area contributed by atoms with E-state index < -0.39 is 0 Å². The predicted octanol–water partition coefficient (Wildman–Crippen LogP) is 7.96. The maximum Gasteiger partial charge on any atom is 0.0621 e. The minimum atomic E-state index is 0.669. The molecule has 0 heterocycles. The van der Waals surface area contributed by atoms with E-state index in [1.807, 2.05) is 0 Å². The summed E-state index contributed by atoms with van der Waals surface area (Å²) >= 11 is 0. The van der Waals surface area contributed by atoms with E-state index in [0.29, 0.717) is 6.42 Å². The first-order valence-electron chi connectivity index (χ1n) is 11.4. The van der Waals surface area contributed by atoms with Crippen LogP contribution in [0.25, 0.3) is 0 Å². The summed E-state index contributed by atoms with van der Waals surface area (Å²) in [5.41, 5.74) is 0. The number of unbranched alkanes of at least 4 members (excludes halogenated alkanes) is 17. The minimum Gasteiger partial charge on any atom is -0.381 e. The lowest BCUT2D eigenvalue weighted by Crippen LogP contribution is -1.97. The van der Waals surface area contributed by atoms with Gasteiger partial charge in [-0.3, -0.25) is 0 Å². The number of hydrogen-bond acceptors (Lipinski definition) is 2. The minimum absolute atomic E-state index is 0.669. The van der Waals surface area contributed by atoms with Gasteiger partial charge in [0, 0.05) is 19.6 Å². The van der Waals surface area contributed by atoms with Gasteiger partial charge >= 0.3 is 0 Å². The van der Waals surface area contributed by atoms with E-state index in [4.69, 9.17) is 10.00 Å². The first kappa shape index (κ1) is 24.5. The van der Waals surface area contributed by atoms with E-state index in [0.717, 1.165) is 26.1 Å². The zero-order valence-corrected chi connectivity index (χ0v) is 17.2. The highest BCUT2D eigenvalue weighted by Crippen LogP contribution is 2.13. The molecule has 0 rings (SSSR count). The Morgan fingerprint density at radius 3 is 1.28 bits per heavy atom. The molecule has 0 aliphatic carbocycles. The van der Waals surface area contributed by atoms with Gasteiger partial charge in [0.2, 0.25) is 0 Å². The van der Waals surface area contributed by atoms with Crippen LogP contribution in [0.3, 0.4) is 0 Å². The van der Waals surface area contributed by atoms with Gasteiger partial charge in [-0.25, -0.2) is 0 Å². The summed E-state index contributed by atoms with van der Waals surface area (Å²) in [5.74, 6) is 0. The van der Waals surface area contributed by atoms with E-state index in [2.05, 4.69) is 13.0 Å². The molecule has 0 N–H and O–H groups in total. The average molecular weight is 352 g/mol. The summed E-state index contributed by atoms with van der Waals surface area (Å²) in [4.78, 5) is 0. The van der Waals surface area contributed by atoms with Gasteiger partial charge in [-0.1, -0.05) is 103 Å². The summed E-state index contributed by atoms with van der Waals surface area (Å²) in [6.45, 7) is 4.03. The predicted molar refractivity (Wildman–Crippen MR) is 110 cm³/mol. The van der Waals surface area contributed by atoms with Crippen molar-refractivity contribution in [1.82, 2.24) is 0 Å². The van der Waals surface area contributed by atoms with Crippen molar-refractivity contribution >= 4 is 0 Å². The van der Waals surface area contributed by atoms with Gasteiger partial charge in [-0.2, -0.15) is 5.26 Å². The van der Waals surface area contributed by atoms with Crippen molar-refractivity contribution in [3.05, 3.63) is 0 Å². The molecule has 0 unspecified atom stereocenters. The van der Waals surface area contributed by atoms with Crippen molar-refractivity contribution in [3.8, 4) is 6.07 Å². The van der Waals surface area contributed by atoms with E-state index in [1.54, 1.807) is 0 Å². The Balaban J connectivity index is 2.95. The molecule has 0 spiro atoms. The van der Waals surface area contributed by atoms with Crippen molar-refractivity contribution in [2.75, 3.05) is 13.2 Å². The highest BCUT2D eigenvalue weighted by Gasteiger charge is 1.95. The summed E-state index contributed by atoms with van der Waals surface area (Å²) < 4.78 is 5.59. The van der Waals surface area contributed by atoms with Gasteiger partial charge in [-0.05, 0) is 19.3 Å². The third-order valence-corrected chi connectivity index (χ3v) is 4.97.